The fourth-order valence-corrected chi connectivity index (χ4v) is 2.67. The van der Waals surface area contributed by atoms with E-state index in [0.29, 0.717) is 43.4 Å². The molecule has 24 heavy (non-hydrogen) atoms. The molecule has 5 nitrogen and oxygen atoms in total. The SMILES string of the molecule is Cc1cc(NCCC(=O)Nc2ccc3c(c2)OCCO3)ccc1Br. The summed E-state index contributed by atoms with van der Waals surface area (Å²) in [6.45, 7) is 3.68. The number of rotatable bonds is 5. The van der Waals surface area contributed by atoms with E-state index in [9.17, 15) is 4.79 Å². The summed E-state index contributed by atoms with van der Waals surface area (Å²) in [6.07, 6.45) is 0.379. The second-order valence-electron chi connectivity index (χ2n) is 5.55. The van der Waals surface area contributed by atoms with E-state index in [2.05, 4.69) is 26.6 Å². The number of hydrogen-bond donors (Lipinski definition) is 2. The van der Waals surface area contributed by atoms with E-state index in [-0.39, 0.29) is 5.91 Å². The molecule has 0 aliphatic carbocycles. The van der Waals surface area contributed by atoms with Crippen LogP contribution in [0.15, 0.2) is 40.9 Å². The molecule has 0 aromatic heterocycles. The predicted octanol–water partition coefficient (Wildman–Crippen LogP) is 3.97. The molecule has 0 saturated carbocycles. The minimum Gasteiger partial charge on any atom is -0.486 e. The van der Waals surface area contributed by atoms with Crippen molar-refractivity contribution in [1.82, 2.24) is 0 Å². The summed E-state index contributed by atoms with van der Waals surface area (Å²) in [5, 5.41) is 6.13. The number of carbonyl (C=O) groups is 1. The van der Waals surface area contributed by atoms with Gasteiger partial charge >= 0.3 is 0 Å². The summed E-state index contributed by atoms with van der Waals surface area (Å²) in [5.41, 5.74) is 2.87. The number of anilines is 2. The summed E-state index contributed by atoms with van der Waals surface area (Å²) in [6, 6.07) is 11.4. The number of fused-ring (bicyclic) bond motifs is 1. The highest BCUT2D eigenvalue weighted by molar-refractivity contribution is 9.10. The Morgan fingerprint density at radius 3 is 2.62 bits per heavy atom. The Labute approximate surface area is 149 Å². The third-order valence-electron chi connectivity index (χ3n) is 3.67. The lowest BCUT2D eigenvalue weighted by molar-refractivity contribution is -0.115. The Morgan fingerprint density at radius 2 is 1.83 bits per heavy atom. The largest absolute Gasteiger partial charge is 0.486 e. The maximum Gasteiger partial charge on any atom is 0.226 e. The van der Waals surface area contributed by atoms with Gasteiger partial charge in [0.05, 0.1) is 0 Å². The van der Waals surface area contributed by atoms with Crippen LogP contribution in [0.25, 0.3) is 0 Å². The van der Waals surface area contributed by atoms with Crippen molar-refractivity contribution < 1.29 is 14.3 Å². The lowest BCUT2D eigenvalue weighted by Crippen LogP contribution is -2.18. The Balaban J connectivity index is 1.49. The minimum absolute atomic E-state index is 0.0481. The van der Waals surface area contributed by atoms with Crippen LogP contribution in [0, 0.1) is 6.92 Å². The first-order valence-electron chi connectivity index (χ1n) is 7.81. The number of ether oxygens (including phenoxy) is 2. The van der Waals surface area contributed by atoms with Gasteiger partial charge in [-0.25, -0.2) is 0 Å². The van der Waals surface area contributed by atoms with Crippen LogP contribution in [0.5, 0.6) is 11.5 Å². The third kappa shape index (κ3) is 4.20. The van der Waals surface area contributed by atoms with Gasteiger partial charge < -0.3 is 20.1 Å². The molecule has 0 bridgehead atoms. The van der Waals surface area contributed by atoms with Gasteiger partial charge in [-0.3, -0.25) is 4.79 Å². The maximum atomic E-state index is 12.1. The number of amides is 1. The zero-order valence-electron chi connectivity index (χ0n) is 13.4. The molecule has 1 aliphatic heterocycles. The molecular formula is C18H19BrN2O3. The first-order chi connectivity index (χ1) is 11.6. The quantitative estimate of drug-likeness (QED) is 0.810. The lowest BCUT2D eigenvalue weighted by atomic mass is 10.2. The molecule has 2 aromatic carbocycles. The summed E-state index contributed by atoms with van der Waals surface area (Å²) in [7, 11) is 0. The van der Waals surface area contributed by atoms with E-state index >= 15 is 0 Å². The zero-order valence-corrected chi connectivity index (χ0v) is 15.0. The fraction of sp³-hybridized carbons (Fsp3) is 0.278. The molecule has 0 saturated heterocycles. The van der Waals surface area contributed by atoms with E-state index < -0.39 is 0 Å². The Hall–Kier alpha value is -2.21. The van der Waals surface area contributed by atoms with E-state index in [4.69, 9.17) is 9.47 Å². The molecule has 0 spiro atoms. The fourth-order valence-electron chi connectivity index (χ4n) is 2.42. The van der Waals surface area contributed by atoms with Crippen molar-refractivity contribution in [3.8, 4) is 11.5 Å². The Bertz CT molecular complexity index is 749. The van der Waals surface area contributed by atoms with Gasteiger partial charge in [-0.05, 0) is 42.8 Å². The normalized spacial score (nSPS) is 12.6. The van der Waals surface area contributed by atoms with Crippen LogP contribution in [0.4, 0.5) is 11.4 Å². The topological polar surface area (TPSA) is 59.6 Å². The molecule has 0 atom stereocenters. The number of carbonyl (C=O) groups excluding carboxylic acids is 1. The van der Waals surface area contributed by atoms with E-state index in [1.165, 1.54) is 0 Å². The number of aryl methyl sites for hydroxylation is 1. The van der Waals surface area contributed by atoms with Crippen molar-refractivity contribution in [1.29, 1.82) is 0 Å². The summed E-state index contributed by atoms with van der Waals surface area (Å²) < 4.78 is 12.1. The van der Waals surface area contributed by atoms with Crippen molar-refractivity contribution in [2.75, 3.05) is 30.4 Å². The summed E-state index contributed by atoms with van der Waals surface area (Å²) in [4.78, 5) is 12.1. The molecule has 3 rings (SSSR count). The number of nitrogens with one attached hydrogen (secondary N) is 2. The zero-order chi connectivity index (χ0) is 16.9. The number of benzene rings is 2. The number of halogens is 1. The van der Waals surface area contributed by atoms with Gasteiger partial charge in [0, 0.05) is 34.9 Å². The molecule has 1 aliphatic rings. The minimum atomic E-state index is -0.0481. The first kappa shape index (κ1) is 16.6. The molecule has 2 N–H and O–H groups in total. The van der Waals surface area contributed by atoms with Crippen LogP contribution in [0.2, 0.25) is 0 Å². The van der Waals surface area contributed by atoms with Crippen LogP contribution < -0.4 is 20.1 Å². The molecule has 6 heteroatoms. The average Bonchev–Trinajstić information content (AvgIpc) is 2.58. The first-order valence-corrected chi connectivity index (χ1v) is 8.60. The molecule has 126 valence electrons. The molecule has 2 aromatic rings. The molecule has 1 heterocycles. The molecule has 0 radical (unpaired) electrons. The number of hydrogen-bond acceptors (Lipinski definition) is 4. The highest BCUT2D eigenvalue weighted by Gasteiger charge is 2.12. The van der Waals surface area contributed by atoms with Crippen molar-refractivity contribution >= 4 is 33.2 Å². The van der Waals surface area contributed by atoms with Crippen LogP contribution >= 0.6 is 15.9 Å². The smallest absolute Gasteiger partial charge is 0.226 e. The van der Waals surface area contributed by atoms with Gasteiger partial charge in [0.1, 0.15) is 13.2 Å². The summed E-state index contributed by atoms with van der Waals surface area (Å²) >= 11 is 3.47. The van der Waals surface area contributed by atoms with Crippen LogP contribution in [-0.2, 0) is 4.79 Å². The van der Waals surface area contributed by atoms with Crippen molar-refractivity contribution in [3.63, 3.8) is 0 Å². The van der Waals surface area contributed by atoms with Gasteiger partial charge in [-0.2, -0.15) is 0 Å². The van der Waals surface area contributed by atoms with Gasteiger partial charge in [0.25, 0.3) is 0 Å². The van der Waals surface area contributed by atoms with Crippen LogP contribution in [0.3, 0.4) is 0 Å². The van der Waals surface area contributed by atoms with Gasteiger partial charge in [-0.15, -0.1) is 0 Å². The molecular weight excluding hydrogens is 372 g/mol. The summed E-state index contributed by atoms with van der Waals surface area (Å²) in [5.74, 6) is 1.34. The third-order valence-corrected chi connectivity index (χ3v) is 4.55. The van der Waals surface area contributed by atoms with E-state index in [0.717, 1.165) is 15.7 Å². The van der Waals surface area contributed by atoms with E-state index in [1.54, 1.807) is 6.07 Å². The van der Waals surface area contributed by atoms with Crippen LogP contribution in [-0.4, -0.2) is 25.7 Å². The Morgan fingerprint density at radius 1 is 1.08 bits per heavy atom. The highest BCUT2D eigenvalue weighted by Crippen LogP contribution is 2.32. The Kier molecular flexibility index (Phi) is 5.25. The average molecular weight is 391 g/mol. The van der Waals surface area contributed by atoms with Crippen molar-refractivity contribution in [2.45, 2.75) is 13.3 Å². The molecule has 0 unspecified atom stereocenters. The van der Waals surface area contributed by atoms with Crippen molar-refractivity contribution in [3.05, 3.63) is 46.4 Å². The van der Waals surface area contributed by atoms with Crippen LogP contribution in [0.1, 0.15) is 12.0 Å². The monoisotopic (exact) mass is 390 g/mol. The van der Waals surface area contributed by atoms with Crippen molar-refractivity contribution in [2.24, 2.45) is 0 Å². The van der Waals surface area contributed by atoms with Gasteiger partial charge in [0.15, 0.2) is 11.5 Å². The lowest BCUT2D eigenvalue weighted by Gasteiger charge is -2.19. The van der Waals surface area contributed by atoms with Gasteiger partial charge in [-0.1, -0.05) is 15.9 Å². The standard InChI is InChI=1S/C18H19BrN2O3/c1-12-10-13(2-4-15(12)19)20-7-6-18(22)21-14-3-5-16-17(11-14)24-9-8-23-16/h2-5,10-11,20H,6-9H2,1H3,(H,21,22). The molecule has 1 amide bonds. The molecule has 0 fully saturated rings. The maximum absolute atomic E-state index is 12.1. The van der Waals surface area contributed by atoms with Gasteiger partial charge in [0.2, 0.25) is 5.91 Å². The second kappa shape index (κ2) is 7.57. The second-order valence-corrected chi connectivity index (χ2v) is 6.40. The van der Waals surface area contributed by atoms with E-state index in [1.807, 2.05) is 37.3 Å². The highest BCUT2D eigenvalue weighted by atomic mass is 79.9. The predicted molar refractivity (Wildman–Crippen MR) is 98.0 cm³/mol.